The summed E-state index contributed by atoms with van der Waals surface area (Å²) in [6.45, 7) is 7.66. The Bertz CT molecular complexity index is 443. The summed E-state index contributed by atoms with van der Waals surface area (Å²) in [7, 11) is 0. The summed E-state index contributed by atoms with van der Waals surface area (Å²) < 4.78 is 5.55. The van der Waals surface area contributed by atoms with Crippen LogP contribution in [0.1, 0.15) is 50.8 Å². The Morgan fingerprint density at radius 1 is 1.40 bits per heavy atom. The lowest BCUT2D eigenvalue weighted by Gasteiger charge is -2.16. The second-order valence-electron chi connectivity index (χ2n) is 5.26. The van der Waals surface area contributed by atoms with Gasteiger partial charge in [-0.15, -0.1) is 0 Å². The maximum atomic E-state index is 11.8. The van der Waals surface area contributed by atoms with Gasteiger partial charge in [-0.05, 0) is 38.8 Å². The minimum absolute atomic E-state index is 0.0305. The van der Waals surface area contributed by atoms with Crippen LogP contribution in [0.3, 0.4) is 0 Å². The van der Waals surface area contributed by atoms with Crippen molar-refractivity contribution in [2.75, 3.05) is 6.61 Å². The quantitative estimate of drug-likeness (QED) is 0.807. The number of aliphatic hydroxyl groups is 1. The standard InChI is InChI=1S/C16H25NO3/c1-5-6-12(3)17-16(19)10-20-15-9-11(2)7-8-14(15)13(4)18/h7-9,12-13,18H,5-6,10H2,1-4H3,(H,17,19)/t12?,13-/m0/s1. The van der Waals surface area contributed by atoms with Crippen molar-refractivity contribution < 1.29 is 14.6 Å². The van der Waals surface area contributed by atoms with Crippen molar-refractivity contribution in [3.63, 3.8) is 0 Å². The molecule has 1 aromatic rings. The zero-order valence-electron chi connectivity index (χ0n) is 12.8. The predicted molar refractivity (Wildman–Crippen MR) is 79.8 cm³/mol. The van der Waals surface area contributed by atoms with Crippen molar-refractivity contribution in [3.8, 4) is 5.75 Å². The van der Waals surface area contributed by atoms with E-state index in [0.29, 0.717) is 11.3 Å². The number of hydrogen-bond donors (Lipinski definition) is 2. The Morgan fingerprint density at radius 3 is 2.70 bits per heavy atom. The van der Waals surface area contributed by atoms with E-state index in [9.17, 15) is 9.90 Å². The lowest BCUT2D eigenvalue weighted by atomic mass is 10.1. The van der Waals surface area contributed by atoms with E-state index < -0.39 is 6.10 Å². The predicted octanol–water partition coefficient (Wildman–Crippen LogP) is 2.73. The largest absolute Gasteiger partial charge is 0.483 e. The van der Waals surface area contributed by atoms with Crippen LogP contribution in [0, 0.1) is 6.92 Å². The van der Waals surface area contributed by atoms with Gasteiger partial charge in [-0.25, -0.2) is 0 Å². The molecule has 1 unspecified atom stereocenters. The van der Waals surface area contributed by atoms with Gasteiger partial charge >= 0.3 is 0 Å². The highest BCUT2D eigenvalue weighted by Crippen LogP contribution is 2.26. The summed E-state index contributed by atoms with van der Waals surface area (Å²) in [5, 5.41) is 12.6. The highest BCUT2D eigenvalue weighted by molar-refractivity contribution is 5.77. The van der Waals surface area contributed by atoms with Crippen molar-refractivity contribution in [2.45, 2.75) is 52.7 Å². The number of aliphatic hydroxyl groups excluding tert-OH is 1. The molecule has 0 spiro atoms. The number of hydrogen-bond acceptors (Lipinski definition) is 3. The fourth-order valence-corrected chi connectivity index (χ4v) is 2.08. The molecule has 2 N–H and O–H groups in total. The third kappa shape index (κ3) is 5.21. The molecular weight excluding hydrogens is 254 g/mol. The lowest BCUT2D eigenvalue weighted by Crippen LogP contribution is -2.36. The molecule has 1 amide bonds. The molecule has 0 aliphatic carbocycles. The smallest absolute Gasteiger partial charge is 0.258 e. The minimum Gasteiger partial charge on any atom is -0.483 e. The van der Waals surface area contributed by atoms with Crippen molar-refractivity contribution >= 4 is 5.91 Å². The molecule has 0 aliphatic rings. The maximum absolute atomic E-state index is 11.8. The molecule has 4 nitrogen and oxygen atoms in total. The van der Waals surface area contributed by atoms with Gasteiger partial charge in [0.1, 0.15) is 5.75 Å². The summed E-state index contributed by atoms with van der Waals surface area (Å²) in [6.07, 6.45) is 1.37. The van der Waals surface area contributed by atoms with E-state index in [1.807, 2.05) is 32.0 Å². The Hall–Kier alpha value is -1.55. The highest BCUT2D eigenvalue weighted by atomic mass is 16.5. The molecular formula is C16H25NO3. The van der Waals surface area contributed by atoms with Crippen molar-refractivity contribution in [3.05, 3.63) is 29.3 Å². The zero-order valence-corrected chi connectivity index (χ0v) is 12.8. The van der Waals surface area contributed by atoms with Gasteiger partial charge in [-0.1, -0.05) is 25.5 Å². The molecule has 2 atom stereocenters. The first-order valence-corrected chi connectivity index (χ1v) is 7.14. The summed E-state index contributed by atoms with van der Waals surface area (Å²) >= 11 is 0. The first-order chi connectivity index (χ1) is 9.43. The van der Waals surface area contributed by atoms with Gasteiger partial charge in [0.25, 0.3) is 5.91 Å². The molecule has 0 saturated carbocycles. The molecule has 112 valence electrons. The third-order valence-corrected chi connectivity index (χ3v) is 3.11. The van der Waals surface area contributed by atoms with Crippen molar-refractivity contribution in [2.24, 2.45) is 0 Å². The molecule has 0 saturated heterocycles. The van der Waals surface area contributed by atoms with Crippen molar-refractivity contribution in [1.82, 2.24) is 5.32 Å². The second kappa shape index (κ2) is 7.90. The van der Waals surface area contributed by atoms with Gasteiger partial charge in [0.15, 0.2) is 6.61 Å². The van der Waals surface area contributed by atoms with E-state index in [0.717, 1.165) is 18.4 Å². The van der Waals surface area contributed by atoms with Gasteiger partial charge in [-0.2, -0.15) is 0 Å². The van der Waals surface area contributed by atoms with Crippen molar-refractivity contribution in [1.29, 1.82) is 0 Å². The van der Waals surface area contributed by atoms with E-state index in [1.54, 1.807) is 6.92 Å². The Labute approximate surface area is 121 Å². The van der Waals surface area contributed by atoms with E-state index in [2.05, 4.69) is 12.2 Å². The number of aryl methyl sites for hydroxylation is 1. The van der Waals surface area contributed by atoms with Gasteiger partial charge in [-0.3, -0.25) is 4.79 Å². The molecule has 4 heteroatoms. The third-order valence-electron chi connectivity index (χ3n) is 3.11. The monoisotopic (exact) mass is 279 g/mol. The molecule has 0 aromatic heterocycles. The molecule has 0 aliphatic heterocycles. The summed E-state index contributed by atoms with van der Waals surface area (Å²) in [4.78, 5) is 11.8. The van der Waals surface area contributed by atoms with Gasteiger partial charge in [0, 0.05) is 11.6 Å². The van der Waals surface area contributed by atoms with Gasteiger partial charge in [0.2, 0.25) is 0 Å². The SMILES string of the molecule is CCCC(C)NC(=O)COc1cc(C)ccc1[C@H](C)O. The number of rotatable bonds is 7. The topological polar surface area (TPSA) is 58.6 Å². The minimum atomic E-state index is -0.618. The number of carbonyl (C=O) groups is 1. The number of ether oxygens (including phenoxy) is 1. The molecule has 20 heavy (non-hydrogen) atoms. The van der Waals surface area contributed by atoms with Crippen LogP contribution in [0.4, 0.5) is 0 Å². The van der Waals surface area contributed by atoms with Crippen LogP contribution < -0.4 is 10.1 Å². The van der Waals surface area contributed by atoms with Crippen LogP contribution in [0.5, 0.6) is 5.75 Å². The van der Waals surface area contributed by atoms with E-state index in [1.165, 1.54) is 0 Å². The Kier molecular flexibility index (Phi) is 6.52. The molecule has 0 bridgehead atoms. The van der Waals surface area contributed by atoms with Crippen LogP contribution in [0.15, 0.2) is 18.2 Å². The highest BCUT2D eigenvalue weighted by Gasteiger charge is 2.12. The normalized spacial score (nSPS) is 13.7. The van der Waals surface area contributed by atoms with E-state index in [4.69, 9.17) is 4.74 Å². The zero-order chi connectivity index (χ0) is 15.1. The first kappa shape index (κ1) is 16.5. The lowest BCUT2D eigenvalue weighted by molar-refractivity contribution is -0.123. The number of nitrogens with one attached hydrogen (secondary N) is 1. The number of amides is 1. The first-order valence-electron chi connectivity index (χ1n) is 7.14. The number of carbonyl (C=O) groups excluding carboxylic acids is 1. The van der Waals surface area contributed by atoms with Gasteiger partial charge < -0.3 is 15.2 Å². The summed E-state index contributed by atoms with van der Waals surface area (Å²) in [5.41, 5.74) is 1.73. The summed E-state index contributed by atoms with van der Waals surface area (Å²) in [5.74, 6) is 0.433. The fourth-order valence-electron chi connectivity index (χ4n) is 2.08. The molecule has 1 rings (SSSR count). The van der Waals surface area contributed by atoms with E-state index >= 15 is 0 Å². The van der Waals surface area contributed by atoms with E-state index in [-0.39, 0.29) is 18.6 Å². The second-order valence-corrected chi connectivity index (χ2v) is 5.26. The molecule has 0 fully saturated rings. The van der Waals surface area contributed by atoms with Crippen LogP contribution in [-0.2, 0) is 4.79 Å². The fraction of sp³-hybridized carbons (Fsp3) is 0.562. The Balaban J connectivity index is 2.61. The molecule has 0 heterocycles. The maximum Gasteiger partial charge on any atom is 0.258 e. The molecule has 0 radical (unpaired) electrons. The molecule has 1 aromatic carbocycles. The summed E-state index contributed by atoms with van der Waals surface area (Å²) in [6, 6.07) is 5.74. The number of benzene rings is 1. The van der Waals surface area contributed by atoms with Gasteiger partial charge in [0.05, 0.1) is 6.10 Å². The average molecular weight is 279 g/mol. The van der Waals surface area contributed by atoms with Crippen LogP contribution in [0.25, 0.3) is 0 Å². The average Bonchev–Trinajstić information content (AvgIpc) is 2.36. The van der Waals surface area contributed by atoms with Crippen LogP contribution >= 0.6 is 0 Å². The Morgan fingerprint density at radius 2 is 2.10 bits per heavy atom. The van der Waals surface area contributed by atoms with Crippen LogP contribution in [-0.4, -0.2) is 23.7 Å². The van der Waals surface area contributed by atoms with Crippen LogP contribution in [0.2, 0.25) is 0 Å².